The highest BCUT2D eigenvalue weighted by Gasteiger charge is 2.22. The molecule has 0 saturated carbocycles. The largest absolute Gasteiger partial charge is 0.325 e. The van der Waals surface area contributed by atoms with Crippen molar-refractivity contribution in [3.05, 3.63) is 27.8 Å². The van der Waals surface area contributed by atoms with Gasteiger partial charge in [0.25, 0.3) is 0 Å². The topological polar surface area (TPSA) is 44.4 Å². The number of hydrogen-bond donors (Lipinski definition) is 2. The number of anilines is 1. The normalized spacial score (nSPS) is 18.3. The Bertz CT molecular complexity index is 401. The lowest BCUT2D eigenvalue weighted by atomic mass is 10.2. The molecule has 18 heavy (non-hydrogen) atoms. The Morgan fingerprint density at radius 2 is 1.94 bits per heavy atom. The Balaban J connectivity index is 1.92. The van der Waals surface area contributed by atoms with Gasteiger partial charge in [-0.05, 0) is 53.8 Å². The summed E-state index contributed by atoms with van der Waals surface area (Å²) in [7, 11) is 0. The zero-order valence-corrected chi connectivity index (χ0v) is 12.6. The van der Waals surface area contributed by atoms with Gasteiger partial charge in [0.2, 0.25) is 5.91 Å². The number of piperazine rings is 1. The van der Waals surface area contributed by atoms with Gasteiger partial charge in [-0.3, -0.25) is 9.69 Å². The van der Waals surface area contributed by atoms with Crippen LogP contribution in [0, 0.1) is 3.57 Å². The fraction of sp³-hybridized carbons (Fsp3) is 0.462. The van der Waals surface area contributed by atoms with E-state index in [2.05, 4.69) is 38.1 Å². The van der Waals surface area contributed by atoms with Crippen LogP contribution in [0.3, 0.4) is 0 Å². The lowest BCUT2D eigenvalue weighted by Gasteiger charge is -2.31. The Labute approximate surface area is 121 Å². The molecule has 1 aliphatic rings. The molecule has 1 aliphatic heterocycles. The van der Waals surface area contributed by atoms with Gasteiger partial charge in [0.05, 0.1) is 6.04 Å². The van der Waals surface area contributed by atoms with Crippen LogP contribution in [0.15, 0.2) is 24.3 Å². The number of carbonyl (C=O) groups excluding carboxylic acids is 1. The highest BCUT2D eigenvalue weighted by molar-refractivity contribution is 14.1. The van der Waals surface area contributed by atoms with Crippen LogP contribution in [-0.2, 0) is 4.79 Å². The molecule has 1 aromatic rings. The number of carbonyl (C=O) groups is 1. The molecule has 0 aliphatic carbocycles. The molecular weight excluding hydrogens is 341 g/mol. The van der Waals surface area contributed by atoms with Crippen molar-refractivity contribution in [2.75, 3.05) is 31.5 Å². The van der Waals surface area contributed by atoms with Gasteiger partial charge in [-0.15, -0.1) is 0 Å². The molecule has 0 spiro atoms. The Morgan fingerprint density at radius 3 is 2.56 bits per heavy atom. The maximum absolute atomic E-state index is 12.1. The van der Waals surface area contributed by atoms with Gasteiger partial charge in [-0.2, -0.15) is 0 Å². The van der Waals surface area contributed by atoms with Crippen LogP contribution >= 0.6 is 22.6 Å². The molecule has 1 fully saturated rings. The summed E-state index contributed by atoms with van der Waals surface area (Å²) in [5.41, 5.74) is 0.863. The van der Waals surface area contributed by atoms with Crippen LogP contribution in [-0.4, -0.2) is 43.0 Å². The molecule has 1 saturated heterocycles. The average molecular weight is 359 g/mol. The van der Waals surface area contributed by atoms with Crippen molar-refractivity contribution in [2.45, 2.75) is 13.0 Å². The summed E-state index contributed by atoms with van der Waals surface area (Å²) < 4.78 is 1.17. The van der Waals surface area contributed by atoms with Gasteiger partial charge in [-0.25, -0.2) is 0 Å². The van der Waals surface area contributed by atoms with Crippen molar-refractivity contribution in [1.29, 1.82) is 0 Å². The molecule has 98 valence electrons. The number of rotatable bonds is 3. The monoisotopic (exact) mass is 359 g/mol. The molecular formula is C13H18IN3O. The summed E-state index contributed by atoms with van der Waals surface area (Å²) in [5.74, 6) is 0.0677. The number of halogens is 1. The van der Waals surface area contributed by atoms with E-state index in [4.69, 9.17) is 0 Å². The van der Waals surface area contributed by atoms with E-state index in [0.29, 0.717) is 0 Å². The van der Waals surface area contributed by atoms with Gasteiger partial charge < -0.3 is 10.6 Å². The third-order valence-electron chi connectivity index (χ3n) is 3.19. The molecule has 0 radical (unpaired) electrons. The van der Waals surface area contributed by atoms with Crippen molar-refractivity contribution in [2.24, 2.45) is 0 Å². The van der Waals surface area contributed by atoms with Crippen LogP contribution in [0.4, 0.5) is 5.69 Å². The minimum atomic E-state index is -0.0774. The fourth-order valence-electron chi connectivity index (χ4n) is 2.02. The molecule has 1 aromatic carbocycles. The number of amides is 1. The first-order valence-corrected chi connectivity index (χ1v) is 7.26. The molecule has 1 amide bonds. The maximum atomic E-state index is 12.1. The van der Waals surface area contributed by atoms with E-state index in [1.165, 1.54) is 3.57 Å². The van der Waals surface area contributed by atoms with E-state index in [0.717, 1.165) is 31.9 Å². The number of nitrogens with one attached hydrogen (secondary N) is 2. The van der Waals surface area contributed by atoms with Gasteiger partial charge in [0.15, 0.2) is 0 Å². The molecule has 1 unspecified atom stereocenters. The third kappa shape index (κ3) is 3.66. The van der Waals surface area contributed by atoms with Crippen LogP contribution < -0.4 is 10.6 Å². The molecule has 2 N–H and O–H groups in total. The second-order valence-electron chi connectivity index (χ2n) is 4.46. The first-order valence-electron chi connectivity index (χ1n) is 6.18. The van der Waals surface area contributed by atoms with Crippen molar-refractivity contribution in [3.63, 3.8) is 0 Å². The van der Waals surface area contributed by atoms with E-state index in [1.807, 2.05) is 31.2 Å². The first-order chi connectivity index (χ1) is 8.66. The van der Waals surface area contributed by atoms with Crippen molar-refractivity contribution in [3.8, 4) is 0 Å². The zero-order chi connectivity index (χ0) is 13.0. The lowest BCUT2D eigenvalue weighted by molar-refractivity contribution is -0.120. The van der Waals surface area contributed by atoms with Gasteiger partial charge >= 0.3 is 0 Å². The predicted octanol–water partition coefficient (Wildman–Crippen LogP) is 1.52. The third-order valence-corrected chi connectivity index (χ3v) is 3.91. The van der Waals surface area contributed by atoms with Crippen LogP contribution in [0.5, 0.6) is 0 Å². The van der Waals surface area contributed by atoms with Gasteiger partial charge in [0, 0.05) is 35.4 Å². The quantitative estimate of drug-likeness (QED) is 0.805. The molecule has 5 heteroatoms. The molecule has 2 rings (SSSR count). The fourth-order valence-corrected chi connectivity index (χ4v) is 2.37. The van der Waals surface area contributed by atoms with E-state index in [-0.39, 0.29) is 11.9 Å². The lowest BCUT2D eigenvalue weighted by Crippen LogP contribution is -2.51. The van der Waals surface area contributed by atoms with Gasteiger partial charge in [-0.1, -0.05) is 0 Å². The molecule has 1 heterocycles. The summed E-state index contributed by atoms with van der Waals surface area (Å²) >= 11 is 2.25. The Kier molecular flexibility index (Phi) is 4.96. The highest BCUT2D eigenvalue weighted by Crippen LogP contribution is 2.12. The molecule has 0 bridgehead atoms. The van der Waals surface area contributed by atoms with Crippen molar-refractivity contribution >= 4 is 34.2 Å². The summed E-state index contributed by atoms with van der Waals surface area (Å²) in [6.07, 6.45) is 0. The standard InChI is InChI=1S/C13H18IN3O/c1-10(17-8-6-15-7-9-17)13(18)16-12-4-2-11(14)3-5-12/h2-5,10,15H,6-9H2,1H3,(H,16,18). The maximum Gasteiger partial charge on any atom is 0.241 e. The van der Waals surface area contributed by atoms with Crippen molar-refractivity contribution < 1.29 is 4.79 Å². The highest BCUT2D eigenvalue weighted by atomic mass is 127. The number of benzene rings is 1. The second kappa shape index (κ2) is 6.49. The summed E-state index contributed by atoms with van der Waals surface area (Å²) in [5, 5.41) is 6.25. The molecule has 1 atom stereocenters. The Hall–Kier alpha value is -0.660. The van der Waals surface area contributed by atoms with Crippen LogP contribution in [0.25, 0.3) is 0 Å². The zero-order valence-electron chi connectivity index (χ0n) is 10.4. The SMILES string of the molecule is CC(C(=O)Nc1ccc(I)cc1)N1CCNCC1. The molecule has 0 aromatic heterocycles. The van der Waals surface area contributed by atoms with Crippen LogP contribution in [0.1, 0.15) is 6.92 Å². The minimum absolute atomic E-state index is 0.0677. The van der Waals surface area contributed by atoms with Crippen LogP contribution in [0.2, 0.25) is 0 Å². The first kappa shape index (κ1) is 13.8. The minimum Gasteiger partial charge on any atom is -0.325 e. The second-order valence-corrected chi connectivity index (χ2v) is 5.70. The summed E-state index contributed by atoms with van der Waals surface area (Å²) in [6.45, 7) is 5.75. The predicted molar refractivity (Wildman–Crippen MR) is 81.7 cm³/mol. The van der Waals surface area contributed by atoms with E-state index in [9.17, 15) is 4.79 Å². The summed E-state index contributed by atoms with van der Waals surface area (Å²) in [4.78, 5) is 14.3. The van der Waals surface area contributed by atoms with Gasteiger partial charge in [0.1, 0.15) is 0 Å². The smallest absolute Gasteiger partial charge is 0.241 e. The summed E-state index contributed by atoms with van der Waals surface area (Å²) in [6, 6.07) is 7.78. The van der Waals surface area contributed by atoms with E-state index < -0.39 is 0 Å². The van der Waals surface area contributed by atoms with E-state index >= 15 is 0 Å². The van der Waals surface area contributed by atoms with E-state index in [1.54, 1.807) is 0 Å². The number of hydrogen-bond acceptors (Lipinski definition) is 3. The average Bonchev–Trinajstić information content (AvgIpc) is 2.41. The van der Waals surface area contributed by atoms with Crippen molar-refractivity contribution in [1.82, 2.24) is 10.2 Å². The number of nitrogens with zero attached hydrogens (tertiary/aromatic N) is 1. The Morgan fingerprint density at radius 1 is 1.33 bits per heavy atom. The molecule has 4 nitrogen and oxygen atoms in total.